The highest BCUT2D eigenvalue weighted by atomic mass is 16.1. The summed E-state index contributed by atoms with van der Waals surface area (Å²) in [5.41, 5.74) is 2.05. The molecule has 1 aliphatic carbocycles. The van der Waals surface area contributed by atoms with Gasteiger partial charge in [0.05, 0.1) is 5.69 Å². The van der Waals surface area contributed by atoms with Crippen molar-refractivity contribution in [3.63, 3.8) is 0 Å². The van der Waals surface area contributed by atoms with Gasteiger partial charge in [-0.1, -0.05) is 5.92 Å². The van der Waals surface area contributed by atoms with E-state index in [1.165, 1.54) is 4.68 Å². The second-order valence-electron chi connectivity index (χ2n) is 3.17. The lowest BCUT2D eigenvalue weighted by Gasteiger charge is -2.02. The molecule has 0 aromatic carbocycles. The second kappa shape index (κ2) is 3.06. The highest BCUT2D eigenvalue weighted by Gasteiger charge is 2.13. The number of hydrogen-bond acceptors (Lipinski definition) is 2. The number of nitrogens with zero attached hydrogens (tertiary/aromatic N) is 2. The molecular weight excluding hydrogens is 164 g/mol. The van der Waals surface area contributed by atoms with E-state index in [2.05, 4.69) is 11.0 Å². The highest BCUT2D eigenvalue weighted by molar-refractivity contribution is 5.22. The third kappa shape index (κ3) is 1.35. The van der Waals surface area contributed by atoms with Gasteiger partial charge in [0.15, 0.2) is 0 Å². The summed E-state index contributed by atoms with van der Waals surface area (Å²) >= 11 is 0. The van der Waals surface area contributed by atoms with Crippen LogP contribution in [0.3, 0.4) is 0 Å². The fraction of sp³-hybridized carbons (Fsp3) is 0.400. The average molecular weight is 174 g/mol. The third-order valence-corrected chi connectivity index (χ3v) is 2.26. The lowest BCUT2D eigenvalue weighted by Crippen LogP contribution is -2.23. The predicted molar refractivity (Wildman–Crippen MR) is 49.4 cm³/mol. The molecule has 3 nitrogen and oxygen atoms in total. The summed E-state index contributed by atoms with van der Waals surface area (Å²) in [4.78, 5) is 11.4. The summed E-state index contributed by atoms with van der Waals surface area (Å²) in [6.07, 6.45) is 8.18. The van der Waals surface area contributed by atoms with Crippen molar-refractivity contribution in [1.82, 2.24) is 9.78 Å². The molecule has 0 saturated carbocycles. The molecule has 0 saturated heterocycles. The molecule has 1 aliphatic rings. The van der Waals surface area contributed by atoms with Crippen molar-refractivity contribution in [2.45, 2.75) is 25.8 Å². The Kier molecular flexibility index (Phi) is 1.90. The zero-order chi connectivity index (χ0) is 9.26. The normalized spacial score (nSPS) is 13.8. The fourth-order valence-corrected chi connectivity index (χ4v) is 1.64. The second-order valence-corrected chi connectivity index (χ2v) is 3.17. The van der Waals surface area contributed by atoms with E-state index in [-0.39, 0.29) is 12.1 Å². The first-order valence-corrected chi connectivity index (χ1v) is 4.34. The lowest BCUT2D eigenvalue weighted by molar-refractivity contribution is 0.643. The molecule has 0 unspecified atom stereocenters. The van der Waals surface area contributed by atoms with E-state index >= 15 is 0 Å². The summed E-state index contributed by atoms with van der Waals surface area (Å²) in [7, 11) is 0. The molecule has 0 fully saturated rings. The van der Waals surface area contributed by atoms with Gasteiger partial charge in [-0.25, -0.2) is 4.68 Å². The summed E-state index contributed by atoms with van der Waals surface area (Å²) in [5.74, 6) is 2.42. The average Bonchev–Trinajstić information content (AvgIpc) is 2.52. The van der Waals surface area contributed by atoms with Gasteiger partial charge in [-0.05, 0) is 24.8 Å². The number of hydrogen-bond donors (Lipinski definition) is 0. The molecule has 0 radical (unpaired) electrons. The number of aryl methyl sites for hydroxylation is 2. The van der Waals surface area contributed by atoms with Crippen LogP contribution in [-0.4, -0.2) is 9.78 Å². The van der Waals surface area contributed by atoms with E-state index in [0.717, 1.165) is 30.5 Å². The maximum atomic E-state index is 11.4. The minimum atomic E-state index is -0.0846. The standard InChI is InChI=1S/C10H10N2O/c1-2-6-12-10(13)7-8-4-3-5-9(8)11-12/h1,7H,3-6H2. The molecule has 1 heterocycles. The Bertz CT molecular complexity index is 426. The molecule has 0 N–H and O–H groups in total. The molecule has 0 amide bonds. The minimum absolute atomic E-state index is 0.0846. The molecule has 2 rings (SSSR count). The Hall–Kier alpha value is -1.56. The van der Waals surface area contributed by atoms with E-state index in [1.807, 2.05) is 0 Å². The van der Waals surface area contributed by atoms with Crippen molar-refractivity contribution < 1.29 is 0 Å². The molecule has 0 bridgehead atoms. The molecule has 0 aliphatic heterocycles. The maximum Gasteiger partial charge on any atom is 0.267 e. The first-order chi connectivity index (χ1) is 6.31. The smallest absolute Gasteiger partial charge is 0.267 e. The lowest BCUT2D eigenvalue weighted by atomic mass is 10.2. The molecule has 1 aromatic rings. The summed E-state index contributed by atoms with van der Waals surface area (Å²) in [6.45, 7) is 0.270. The van der Waals surface area contributed by atoms with Crippen molar-refractivity contribution in [3.8, 4) is 12.3 Å². The van der Waals surface area contributed by atoms with Crippen molar-refractivity contribution in [2.24, 2.45) is 0 Å². The maximum absolute atomic E-state index is 11.4. The van der Waals surface area contributed by atoms with Crippen LogP contribution in [0.1, 0.15) is 17.7 Å². The number of rotatable bonds is 1. The summed E-state index contributed by atoms with van der Waals surface area (Å²) < 4.78 is 1.35. The van der Waals surface area contributed by atoms with E-state index in [9.17, 15) is 4.79 Å². The predicted octanol–water partition coefficient (Wildman–Crippen LogP) is 0.365. The third-order valence-electron chi connectivity index (χ3n) is 2.26. The zero-order valence-electron chi connectivity index (χ0n) is 7.29. The van der Waals surface area contributed by atoms with Crippen molar-refractivity contribution in [3.05, 3.63) is 27.7 Å². The van der Waals surface area contributed by atoms with Gasteiger partial charge in [-0.15, -0.1) is 6.42 Å². The highest BCUT2D eigenvalue weighted by Crippen LogP contribution is 2.16. The van der Waals surface area contributed by atoms with Crippen LogP contribution in [0.25, 0.3) is 0 Å². The Morgan fingerprint density at radius 1 is 1.62 bits per heavy atom. The van der Waals surface area contributed by atoms with Crippen molar-refractivity contribution >= 4 is 0 Å². The van der Waals surface area contributed by atoms with E-state index in [0.29, 0.717) is 0 Å². The van der Waals surface area contributed by atoms with E-state index < -0.39 is 0 Å². The quantitative estimate of drug-likeness (QED) is 0.576. The van der Waals surface area contributed by atoms with Crippen LogP contribution in [0, 0.1) is 12.3 Å². The van der Waals surface area contributed by atoms with Crippen LogP contribution in [-0.2, 0) is 19.4 Å². The topological polar surface area (TPSA) is 34.9 Å². The van der Waals surface area contributed by atoms with Gasteiger partial charge in [0.2, 0.25) is 0 Å². The molecule has 1 aromatic heterocycles. The largest absolute Gasteiger partial charge is 0.268 e. The summed E-state index contributed by atoms with van der Waals surface area (Å²) in [6, 6.07) is 1.66. The van der Waals surface area contributed by atoms with Crippen LogP contribution in [0.2, 0.25) is 0 Å². The summed E-state index contributed by atoms with van der Waals surface area (Å²) in [5, 5.41) is 4.20. The van der Waals surface area contributed by atoms with Gasteiger partial charge in [0.25, 0.3) is 5.56 Å². The van der Waals surface area contributed by atoms with Crippen molar-refractivity contribution in [2.75, 3.05) is 0 Å². The van der Waals surface area contributed by atoms with Gasteiger partial charge in [-0.2, -0.15) is 5.10 Å². The zero-order valence-corrected chi connectivity index (χ0v) is 7.29. The fourth-order valence-electron chi connectivity index (χ4n) is 1.64. The van der Waals surface area contributed by atoms with Gasteiger partial charge in [0.1, 0.15) is 6.54 Å². The van der Waals surface area contributed by atoms with Gasteiger partial charge in [0, 0.05) is 6.07 Å². The van der Waals surface area contributed by atoms with Crippen LogP contribution in [0.5, 0.6) is 0 Å². The van der Waals surface area contributed by atoms with Crippen LogP contribution < -0.4 is 5.56 Å². The van der Waals surface area contributed by atoms with Gasteiger partial charge >= 0.3 is 0 Å². The Labute approximate surface area is 76.4 Å². The van der Waals surface area contributed by atoms with Crippen molar-refractivity contribution in [1.29, 1.82) is 0 Å². The van der Waals surface area contributed by atoms with E-state index in [1.54, 1.807) is 6.07 Å². The molecule has 3 heteroatoms. The van der Waals surface area contributed by atoms with Crippen LogP contribution in [0.15, 0.2) is 10.9 Å². The number of terminal acetylenes is 1. The minimum Gasteiger partial charge on any atom is -0.268 e. The van der Waals surface area contributed by atoms with E-state index in [4.69, 9.17) is 6.42 Å². The number of aromatic nitrogens is 2. The Balaban J connectivity index is 2.51. The SMILES string of the molecule is C#CCn1nc2c(cc1=O)CCC2. The van der Waals surface area contributed by atoms with Crippen LogP contribution in [0.4, 0.5) is 0 Å². The Morgan fingerprint density at radius 3 is 3.23 bits per heavy atom. The molecule has 0 atom stereocenters. The van der Waals surface area contributed by atoms with Gasteiger partial charge < -0.3 is 0 Å². The van der Waals surface area contributed by atoms with Crippen LogP contribution >= 0.6 is 0 Å². The molecular formula is C10H10N2O. The Morgan fingerprint density at radius 2 is 2.46 bits per heavy atom. The van der Waals surface area contributed by atoms with Gasteiger partial charge in [-0.3, -0.25) is 4.79 Å². The monoisotopic (exact) mass is 174 g/mol. The molecule has 66 valence electrons. The number of fused-ring (bicyclic) bond motifs is 1. The molecule has 13 heavy (non-hydrogen) atoms. The molecule has 0 spiro atoms. The first kappa shape index (κ1) is 8.06. The first-order valence-electron chi connectivity index (χ1n) is 4.34.